The van der Waals surface area contributed by atoms with Gasteiger partial charge in [-0.2, -0.15) is 0 Å². The Morgan fingerprint density at radius 1 is 1.63 bits per heavy atom. The van der Waals surface area contributed by atoms with E-state index in [2.05, 4.69) is 0 Å². The summed E-state index contributed by atoms with van der Waals surface area (Å²) in [7, 11) is 1.65. The second kappa shape index (κ2) is 6.21. The minimum absolute atomic E-state index is 0.0456. The van der Waals surface area contributed by atoms with Gasteiger partial charge in [0.25, 0.3) is 5.91 Å². The predicted octanol–water partition coefficient (Wildman–Crippen LogP) is 0.977. The number of hydrogen-bond donors (Lipinski definition) is 1. The number of likely N-dealkylation sites (tertiary alicyclic amines) is 1. The molecule has 106 valence electrons. The Labute approximate surface area is 113 Å². The van der Waals surface area contributed by atoms with Gasteiger partial charge in [0.15, 0.2) is 0 Å². The average molecular weight is 266 g/mol. The Morgan fingerprint density at radius 2 is 2.42 bits per heavy atom. The van der Waals surface area contributed by atoms with Crippen LogP contribution in [0, 0.1) is 5.92 Å². The monoisotopic (exact) mass is 266 g/mol. The first-order valence-corrected chi connectivity index (χ1v) is 6.75. The van der Waals surface area contributed by atoms with Crippen LogP contribution in [0.4, 0.5) is 0 Å². The van der Waals surface area contributed by atoms with Crippen molar-refractivity contribution in [3.05, 3.63) is 24.0 Å². The molecule has 1 fully saturated rings. The molecular formula is C14H22N2O3. The van der Waals surface area contributed by atoms with E-state index in [9.17, 15) is 9.90 Å². The summed E-state index contributed by atoms with van der Waals surface area (Å²) < 4.78 is 6.96. The molecule has 0 aliphatic carbocycles. The maximum Gasteiger partial charge on any atom is 0.270 e. The van der Waals surface area contributed by atoms with E-state index in [0.29, 0.717) is 25.4 Å². The topological polar surface area (TPSA) is 54.7 Å². The Kier molecular flexibility index (Phi) is 4.61. The number of methoxy groups -OCH3 is 1. The molecule has 1 N–H and O–H groups in total. The highest BCUT2D eigenvalue weighted by molar-refractivity contribution is 5.93. The number of ether oxygens (including phenoxy) is 1. The van der Waals surface area contributed by atoms with Crippen LogP contribution >= 0.6 is 0 Å². The van der Waals surface area contributed by atoms with E-state index in [4.69, 9.17) is 4.74 Å². The third-order valence-electron chi connectivity index (χ3n) is 3.78. The summed E-state index contributed by atoms with van der Waals surface area (Å²) in [6, 6.07) is 3.72. The molecule has 5 nitrogen and oxygen atoms in total. The Morgan fingerprint density at radius 3 is 3.05 bits per heavy atom. The van der Waals surface area contributed by atoms with Crippen molar-refractivity contribution in [3.63, 3.8) is 0 Å². The molecule has 0 aromatic carbocycles. The first kappa shape index (κ1) is 14.1. The van der Waals surface area contributed by atoms with E-state index < -0.39 is 0 Å². The highest BCUT2D eigenvalue weighted by atomic mass is 16.5. The summed E-state index contributed by atoms with van der Waals surface area (Å²) in [6.07, 6.45) is 2.43. The zero-order valence-electron chi connectivity index (χ0n) is 11.6. The van der Waals surface area contributed by atoms with Gasteiger partial charge in [-0.05, 0) is 25.5 Å². The first-order chi connectivity index (χ1) is 9.13. The van der Waals surface area contributed by atoms with Gasteiger partial charge >= 0.3 is 0 Å². The molecule has 1 amide bonds. The summed E-state index contributed by atoms with van der Waals surface area (Å²) in [5.41, 5.74) is 0.697. The molecular weight excluding hydrogens is 244 g/mol. The van der Waals surface area contributed by atoms with Gasteiger partial charge in [-0.3, -0.25) is 4.79 Å². The maximum atomic E-state index is 12.4. The number of carbonyl (C=O) groups is 1. The Bertz CT molecular complexity index is 428. The first-order valence-electron chi connectivity index (χ1n) is 6.75. The zero-order chi connectivity index (χ0) is 13.8. The smallest absolute Gasteiger partial charge is 0.270 e. The minimum Gasteiger partial charge on any atom is -0.393 e. The highest BCUT2D eigenvalue weighted by Gasteiger charge is 2.30. The van der Waals surface area contributed by atoms with Crippen molar-refractivity contribution in [3.8, 4) is 0 Å². The Balaban J connectivity index is 2.02. The zero-order valence-corrected chi connectivity index (χ0v) is 11.6. The quantitative estimate of drug-likeness (QED) is 0.864. The lowest BCUT2D eigenvalue weighted by Crippen LogP contribution is -2.32. The van der Waals surface area contributed by atoms with Gasteiger partial charge in [-0.15, -0.1) is 0 Å². The van der Waals surface area contributed by atoms with Crippen molar-refractivity contribution in [1.82, 2.24) is 9.47 Å². The number of carbonyl (C=O) groups excluding carboxylic acids is 1. The summed E-state index contributed by atoms with van der Waals surface area (Å²) in [5.74, 6) is 0.246. The number of hydrogen-bond acceptors (Lipinski definition) is 3. The second-order valence-electron chi connectivity index (χ2n) is 5.12. The fraction of sp³-hybridized carbons (Fsp3) is 0.643. The van der Waals surface area contributed by atoms with Crippen LogP contribution in [0.2, 0.25) is 0 Å². The normalized spacial score (nSPS) is 20.8. The molecule has 0 bridgehead atoms. The van der Waals surface area contributed by atoms with Gasteiger partial charge in [-0.1, -0.05) is 0 Å². The van der Waals surface area contributed by atoms with Gasteiger partial charge in [0.05, 0.1) is 12.7 Å². The van der Waals surface area contributed by atoms with Gasteiger partial charge < -0.3 is 19.3 Å². The van der Waals surface area contributed by atoms with Gasteiger partial charge in [0.2, 0.25) is 0 Å². The van der Waals surface area contributed by atoms with E-state index in [1.54, 1.807) is 14.0 Å². The van der Waals surface area contributed by atoms with Gasteiger partial charge in [-0.25, -0.2) is 0 Å². The molecule has 5 heteroatoms. The lowest BCUT2D eigenvalue weighted by molar-refractivity contribution is 0.0749. The van der Waals surface area contributed by atoms with E-state index in [1.165, 1.54) is 0 Å². The average Bonchev–Trinajstić information content (AvgIpc) is 3.04. The van der Waals surface area contributed by atoms with E-state index in [0.717, 1.165) is 13.0 Å². The number of aliphatic hydroxyl groups is 1. The van der Waals surface area contributed by atoms with Crippen LogP contribution < -0.4 is 0 Å². The lowest BCUT2D eigenvalue weighted by atomic mass is 10.0. The SMILES string of the molecule is COCCn1cccc1C(=O)N1CCC(C(C)O)C1. The van der Waals surface area contributed by atoms with Crippen LogP contribution in [0.5, 0.6) is 0 Å². The van der Waals surface area contributed by atoms with Crippen molar-refractivity contribution in [2.45, 2.75) is 26.0 Å². The molecule has 2 heterocycles. The second-order valence-corrected chi connectivity index (χ2v) is 5.12. The molecule has 0 radical (unpaired) electrons. The minimum atomic E-state index is -0.349. The van der Waals surface area contributed by atoms with Crippen LogP contribution in [0.3, 0.4) is 0 Å². The fourth-order valence-electron chi connectivity index (χ4n) is 2.52. The van der Waals surface area contributed by atoms with E-state index in [1.807, 2.05) is 27.8 Å². The van der Waals surface area contributed by atoms with Crippen molar-refractivity contribution in [2.24, 2.45) is 5.92 Å². The molecule has 0 spiro atoms. The van der Waals surface area contributed by atoms with Gasteiger partial charge in [0.1, 0.15) is 5.69 Å². The third-order valence-corrected chi connectivity index (χ3v) is 3.78. The number of nitrogens with zero attached hydrogens (tertiary/aromatic N) is 2. The number of aromatic nitrogens is 1. The lowest BCUT2D eigenvalue weighted by Gasteiger charge is -2.18. The maximum absolute atomic E-state index is 12.4. The number of amides is 1. The molecule has 1 aromatic heterocycles. The van der Waals surface area contributed by atoms with Crippen LogP contribution in [0.15, 0.2) is 18.3 Å². The molecule has 2 rings (SSSR count). The van der Waals surface area contributed by atoms with E-state index >= 15 is 0 Å². The number of rotatable bonds is 5. The van der Waals surface area contributed by atoms with Crippen LogP contribution in [-0.2, 0) is 11.3 Å². The molecule has 19 heavy (non-hydrogen) atoms. The summed E-state index contributed by atoms with van der Waals surface area (Å²) in [6.45, 7) is 4.43. The van der Waals surface area contributed by atoms with E-state index in [-0.39, 0.29) is 17.9 Å². The van der Waals surface area contributed by atoms with Crippen molar-refractivity contribution in [1.29, 1.82) is 0 Å². The molecule has 1 aliphatic heterocycles. The molecule has 1 aromatic rings. The standard InChI is InChI=1S/C14H22N2O3/c1-11(17)12-5-7-16(10-12)14(18)13-4-3-6-15(13)8-9-19-2/h3-4,6,11-12,17H,5,7-10H2,1-2H3. The van der Waals surface area contributed by atoms with Crippen molar-refractivity contribution in [2.75, 3.05) is 26.8 Å². The summed E-state index contributed by atoms with van der Waals surface area (Å²) >= 11 is 0. The predicted molar refractivity (Wildman–Crippen MR) is 72.0 cm³/mol. The van der Waals surface area contributed by atoms with Crippen LogP contribution in [0.1, 0.15) is 23.8 Å². The fourth-order valence-corrected chi connectivity index (χ4v) is 2.52. The largest absolute Gasteiger partial charge is 0.393 e. The van der Waals surface area contributed by atoms with Gasteiger partial charge in [0, 0.05) is 38.9 Å². The summed E-state index contributed by atoms with van der Waals surface area (Å²) in [4.78, 5) is 14.3. The van der Waals surface area contributed by atoms with Crippen molar-refractivity contribution < 1.29 is 14.6 Å². The van der Waals surface area contributed by atoms with Crippen molar-refractivity contribution >= 4 is 5.91 Å². The number of aliphatic hydroxyl groups excluding tert-OH is 1. The van der Waals surface area contributed by atoms with Crippen LogP contribution in [0.25, 0.3) is 0 Å². The highest BCUT2D eigenvalue weighted by Crippen LogP contribution is 2.21. The third kappa shape index (κ3) is 3.16. The molecule has 2 atom stereocenters. The summed E-state index contributed by atoms with van der Waals surface area (Å²) in [5, 5.41) is 9.59. The van der Waals surface area contributed by atoms with Crippen LogP contribution in [-0.4, -0.2) is 53.4 Å². The Hall–Kier alpha value is -1.33. The molecule has 2 unspecified atom stereocenters. The molecule has 1 aliphatic rings. The molecule has 1 saturated heterocycles. The molecule has 0 saturated carbocycles.